The van der Waals surface area contributed by atoms with Gasteiger partial charge >= 0.3 is 0 Å². The van der Waals surface area contributed by atoms with Gasteiger partial charge in [-0.1, -0.05) is 18.2 Å². The van der Waals surface area contributed by atoms with Crippen LogP contribution < -0.4 is 14.2 Å². The van der Waals surface area contributed by atoms with Gasteiger partial charge in [0.1, 0.15) is 12.4 Å². The number of halogens is 2. The molecule has 0 aliphatic heterocycles. The second-order valence-corrected chi connectivity index (χ2v) is 4.79. The minimum Gasteiger partial charge on any atom is -0.493 e. The Morgan fingerprint density at radius 1 is 1.00 bits per heavy atom. The fraction of sp³-hybridized carbons (Fsp3) is 0.200. The summed E-state index contributed by atoms with van der Waals surface area (Å²) in [7, 11) is 3.11. The smallest absolute Gasteiger partial charge is 0.203 e. The first kappa shape index (κ1) is 14.7. The van der Waals surface area contributed by atoms with Crippen molar-refractivity contribution in [1.29, 1.82) is 0 Å². The molecule has 2 aromatic rings. The van der Waals surface area contributed by atoms with Crippen LogP contribution in [0.3, 0.4) is 0 Å². The topological polar surface area (TPSA) is 27.7 Å². The van der Waals surface area contributed by atoms with Crippen molar-refractivity contribution in [2.75, 3.05) is 14.2 Å². The lowest BCUT2D eigenvalue weighted by atomic mass is 10.2. The van der Waals surface area contributed by atoms with Crippen LogP contribution in [0.2, 0.25) is 0 Å². The molecule has 0 fully saturated rings. The van der Waals surface area contributed by atoms with Crippen LogP contribution in [0.15, 0.2) is 40.9 Å². The van der Waals surface area contributed by atoms with E-state index in [-0.39, 0.29) is 12.4 Å². The number of hydrogen-bond acceptors (Lipinski definition) is 3. The average molecular weight is 341 g/mol. The van der Waals surface area contributed by atoms with Crippen LogP contribution >= 0.6 is 15.9 Å². The van der Waals surface area contributed by atoms with Gasteiger partial charge in [0.05, 0.1) is 18.7 Å². The highest BCUT2D eigenvalue weighted by molar-refractivity contribution is 9.10. The molecule has 0 unspecified atom stereocenters. The Labute approximate surface area is 125 Å². The van der Waals surface area contributed by atoms with Crippen molar-refractivity contribution in [3.05, 3.63) is 52.3 Å². The zero-order chi connectivity index (χ0) is 14.5. The van der Waals surface area contributed by atoms with E-state index in [4.69, 9.17) is 14.2 Å². The van der Waals surface area contributed by atoms with Crippen LogP contribution in [0.1, 0.15) is 5.56 Å². The van der Waals surface area contributed by atoms with Crippen LogP contribution in [0.4, 0.5) is 4.39 Å². The lowest BCUT2D eigenvalue weighted by Crippen LogP contribution is -2.01. The monoisotopic (exact) mass is 340 g/mol. The molecule has 5 heteroatoms. The summed E-state index contributed by atoms with van der Waals surface area (Å²) in [5.41, 5.74) is 0.706. The lowest BCUT2D eigenvalue weighted by molar-refractivity contribution is 0.265. The van der Waals surface area contributed by atoms with Crippen LogP contribution in [-0.2, 0) is 6.61 Å². The van der Waals surface area contributed by atoms with E-state index in [1.807, 2.05) is 6.07 Å². The first-order valence-corrected chi connectivity index (χ1v) is 6.73. The Kier molecular flexibility index (Phi) is 4.84. The van der Waals surface area contributed by atoms with Gasteiger partial charge in [0, 0.05) is 5.56 Å². The number of rotatable bonds is 5. The fourth-order valence-electron chi connectivity index (χ4n) is 1.77. The number of benzene rings is 2. The molecule has 0 N–H and O–H groups in total. The minimum atomic E-state index is -0.321. The molecule has 0 amide bonds. The van der Waals surface area contributed by atoms with E-state index in [2.05, 4.69) is 15.9 Å². The Bertz CT molecular complexity index is 579. The van der Waals surface area contributed by atoms with E-state index in [9.17, 15) is 4.39 Å². The highest BCUT2D eigenvalue weighted by Crippen LogP contribution is 2.37. The SMILES string of the molecule is COc1cccc(OC)c1OCc1cccc(F)c1Br. The lowest BCUT2D eigenvalue weighted by Gasteiger charge is -2.14. The van der Waals surface area contributed by atoms with Crippen molar-refractivity contribution in [2.45, 2.75) is 6.61 Å². The fourth-order valence-corrected chi connectivity index (χ4v) is 2.15. The summed E-state index contributed by atoms with van der Waals surface area (Å²) < 4.78 is 30.0. The normalized spacial score (nSPS) is 10.2. The summed E-state index contributed by atoms with van der Waals surface area (Å²) in [6.45, 7) is 0.203. The van der Waals surface area contributed by atoms with E-state index in [1.54, 1.807) is 38.5 Å². The van der Waals surface area contributed by atoms with Crippen molar-refractivity contribution < 1.29 is 18.6 Å². The van der Waals surface area contributed by atoms with E-state index in [0.717, 1.165) is 0 Å². The van der Waals surface area contributed by atoms with Crippen LogP contribution in [0.25, 0.3) is 0 Å². The van der Waals surface area contributed by atoms with Crippen molar-refractivity contribution in [2.24, 2.45) is 0 Å². The molecule has 3 nitrogen and oxygen atoms in total. The second-order valence-electron chi connectivity index (χ2n) is 3.99. The number of hydrogen-bond donors (Lipinski definition) is 0. The highest BCUT2D eigenvalue weighted by Gasteiger charge is 2.13. The van der Waals surface area contributed by atoms with Crippen molar-refractivity contribution in [3.63, 3.8) is 0 Å². The number of methoxy groups -OCH3 is 2. The Morgan fingerprint density at radius 2 is 1.60 bits per heavy atom. The van der Waals surface area contributed by atoms with Gasteiger partial charge in [0.25, 0.3) is 0 Å². The molecule has 2 rings (SSSR count). The van der Waals surface area contributed by atoms with E-state index in [0.29, 0.717) is 27.3 Å². The first-order chi connectivity index (χ1) is 9.67. The summed E-state index contributed by atoms with van der Waals surface area (Å²) in [5, 5.41) is 0. The van der Waals surface area contributed by atoms with Crippen molar-refractivity contribution in [3.8, 4) is 17.2 Å². The van der Waals surface area contributed by atoms with Gasteiger partial charge in [-0.05, 0) is 34.1 Å². The number of para-hydroxylation sites is 1. The molecule has 0 aliphatic rings. The molecule has 0 saturated carbocycles. The number of ether oxygens (including phenoxy) is 3. The van der Waals surface area contributed by atoms with Gasteiger partial charge < -0.3 is 14.2 Å². The molecule has 0 aromatic heterocycles. The summed E-state index contributed by atoms with van der Waals surface area (Å²) in [6.07, 6.45) is 0. The first-order valence-electron chi connectivity index (χ1n) is 5.94. The van der Waals surface area contributed by atoms with Crippen LogP contribution in [0.5, 0.6) is 17.2 Å². The molecule has 0 heterocycles. The van der Waals surface area contributed by atoms with Crippen molar-refractivity contribution in [1.82, 2.24) is 0 Å². The minimum absolute atomic E-state index is 0.203. The third kappa shape index (κ3) is 3.04. The second kappa shape index (κ2) is 6.61. The maximum Gasteiger partial charge on any atom is 0.203 e. The third-order valence-corrected chi connectivity index (χ3v) is 3.67. The predicted molar refractivity (Wildman–Crippen MR) is 78.0 cm³/mol. The predicted octanol–water partition coefficient (Wildman–Crippen LogP) is 4.18. The molecular formula is C15H14BrFO3. The Balaban J connectivity index is 2.24. The Hall–Kier alpha value is -1.75. The quantitative estimate of drug-likeness (QED) is 0.816. The zero-order valence-electron chi connectivity index (χ0n) is 11.2. The largest absolute Gasteiger partial charge is 0.493 e. The van der Waals surface area contributed by atoms with Crippen molar-refractivity contribution >= 4 is 15.9 Å². The molecule has 0 radical (unpaired) electrons. The molecule has 20 heavy (non-hydrogen) atoms. The summed E-state index contributed by atoms with van der Waals surface area (Å²) >= 11 is 3.21. The van der Waals surface area contributed by atoms with Gasteiger partial charge in [0.2, 0.25) is 5.75 Å². The Morgan fingerprint density at radius 3 is 2.20 bits per heavy atom. The zero-order valence-corrected chi connectivity index (χ0v) is 12.7. The van der Waals surface area contributed by atoms with Gasteiger partial charge in [-0.15, -0.1) is 0 Å². The van der Waals surface area contributed by atoms with E-state index >= 15 is 0 Å². The molecule has 0 atom stereocenters. The molecule has 106 valence electrons. The molecule has 0 bridgehead atoms. The highest BCUT2D eigenvalue weighted by atomic mass is 79.9. The molecule has 0 spiro atoms. The van der Waals surface area contributed by atoms with Gasteiger partial charge in [0.15, 0.2) is 11.5 Å². The standard InChI is InChI=1S/C15H14BrFO3/c1-18-12-7-4-8-13(19-2)15(12)20-9-10-5-3-6-11(17)14(10)16/h3-8H,9H2,1-2H3. The third-order valence-electron chi connectivity index (χ3n) is 2.79. The van der Waals surface area contributed by atoms with Gasteiger partial charge in [-0.2, -0.15) is 0 Å². The summed E-state index contributed by atoms with van der Waals surface area (Å²) in [4.78, 5) is 0. The van der Waals surface area contributed by atoms with E-state index in [1.165, 1.54) is 6.07 Å². The van der Waals surface area contributed by atoms with Crippen LogP contribution in [-0.4, -0.2) is 14.2 Å². The van der Waals surface area contributed by atoms with E-state index < -0.39 is 0 Å². The van der Waals surface area contributed by atoms with Crippen LogP contribution in [0, 0.1) is 5.82 Å². The molecular weight excluding hydrogens is 327 g/mol. The van der Waals surface area contributed by atoms with Gasteiger partial charge in [-0.25, -0.2) is 4.39 Å². The maximum absolute atomic E-state index is 13.4. The molecule has 2 aromatic carbocycles. The maximum atomic E-state index is 13.4. The molecule has 0 aliphatic carbocycles. The van der Waals surface area contributed by atoms with Gasteiger partial charge in [-0.3, -0.25) is 0 Å². The summed E-state index contributed by atoms with van der Waals surface area (Å²) in [5.74, 6) is 1.31. The average Bonchev–Trinajstić information content (AvgIpc) is 2.48. The molecule has 0 saturated heterocycles. The summed E-state index contributed by atoms with van der Waals surface area (Å²) in [6, 6.07) is 10.2.